The second-order valence-corrected chi connectivity index (χ2v) is 5.47. The van der Waals surface area contributed by atoms with E-state index in [2.05, 4.69) is 32.9 Å². The van der Waals surface area contributed by atoms with Gasteiger partial charge in [0.1, 0.15) is 0 Å². The SMILES string of the molecule is CCC[C@@]1(c2cc(C)cc(Cl)c2)CC1C. The van der Waals surface area contributed by atoms with Crippen LogP contribution in [0.3, 0.4) is 0 Å². The topological polar surface area (TPSA) is 0 Å². The highest BCUT2D eigenvalue weighted by atomic mass is 35.5. The highest BCUT2D eigenvalue weighted by Crippen LogP contribution is 2.57. The van der Waals surface area contributed by atoms with Crippen molar-refractivity contribution in [2.75, 3.05) is 0 Å². The summed E-state index contributed by atoms with van der Waals surface area (Å²) in [7, 11) is 0. The van der Waals surface area contributed by atoms with Crippen molar-refractivity contribution >= 4 is 11.6 Å². The smallest absolute Gasteiger partial charge is 0.0411 e. The van der Waals surface area contributed by atoms with Crippen LogP contribution in [-0.2, 0) is 5.41 Å². The first-order chi connectivity index (χ1) is 7.08. The van der Waals surface area contributed by atoms with Crippen LogP contribution in [0.1, 0.15) is 44.2 Å². The summed E-state index contributed by atoms with van der Waals surface area (Å²) >= 11 is 6.13. The maximum absolute atomic E-state index is 6.13. The predicted molar refractivity (Wildman–Crippen MR) is 66.6 cm³/mol. The molecular formula is C14H19Cl. The lowest BCUT2D eigenvalue weighted by Crippen LogP contribution is -2.09. The molecule has 0 aromatic heterocycles. The van der Waals surface area contributed by atoms with Gasteiger partial charge in [0.2, 0.25) is 0 Å². The highest BCUT2D eigenvalue weighted by Gasteiger charge is 2.51. The number of hydrogen-bond donors (Lipinski definition) is 0. The van der Waals surface area contributed by atoms with Gasteiger partial charge in [-0.3, -0.25) is 0 Å². The van der Waals surface area contributed by atoms with E-state index in [1.165, 1.54) is 30.4 Å². The van der Waals surface area contributed by atoms with Crippen molar-refractivity contribution in [1.29, 1.82) is 0 Å². The van der Waals surface area contributed by atoms with Crippen LogP contribution >= 0.6 is 11.6 Å². The van der Waals surface area contributed by atoms with Crippen LogP contribution in [0.4, 0.5) is 0 Å². The molecule has 1 saturated carbocycles. The third kappa shape index (κ3) is 1.92. The molecule has 1 aliphatic carbocycles. The van der Waals surface area contributed by atoms with Crippen molar-refractivity contribution in [3.63, 3.8) is 0 Å². The molecule has 82 valence electrons. The minimum absolute atomic E-state index is 0.449. The molecular weight excluding hydrogens is 204 g/mol. The van der Waals surface area contributed by atoms with Gasteiger partial charge in [0.05, 0.1) is 0 Å². The molecule has 0 spiro atoms. The van der Waals surface area contributed by atoms with Crippen LogP contribution in [0.5, 0.6) is 0 Å². The quantitative estimate of drug-likeness (QED) is 0.694. The van der Waals surface area contributed by atoms with E-state index in [0.717, 1.165) is 10.9 Å². The Hall–Kier alpha value is -0.490. The van der Waals surface area contributed by atoms with Crippen molar-refractivity contribution in [1.82, 2.24) is 0 Å². The molecule has 0 aliphatic heterocycles. The molecule has 1 unspecified atom stereocenters. The number of benzene rings is 1. The summed E-state index contributed by atoms with van der Waals surface area (Å²) in [5.74, 6) is 0.829. The van der Waals surface area contributed by atoms with Gasteiger partial charge in [-0.15, -0.1) is 0 Å². The average molecular weight is 223 g/mol. The lowest BCUT2D eigenvalue weighted by Gasteiger charge is -2.17. The van der Waals surface area contributed by atoms with E-state index >= 15 is 0 Å². The van der Waals surface area contributed by atoms with Gasteiger partial charge in [0.25, 0.3) is 0 Å². The zero-order valence-electron chi connectivity index (χ0n) is 9.81. The molecule has 0 saturated heterocycles. The Kier molecular flexibility index (Phi) is 2.81. The van der Waals surface area contributed by atoms with E-state index in [0.29, 0.717) is 5.41 Å². The van der Waals surface area contributed by atoms with Crippen LogP contribution in [-0.4, -0.2) is 0 Å². The summed E-state index contributed by atoms with van der Waals surface area (Å²) in [6.45, 7) is 6.75. The van der Waals surface area contributed by atoms with Gasteiger partial charge < -0.3 is 0 Å². The number of halogens is 1. The van der Waals surface area contributed by atoms with E-state index in [4.69, 9.17) is 11.6 Å². The third-order valence-electron chi connectivity index (χ3n) is 3.77. The molecule has 1 aliphatic rings. The van der Waals surface area contributed by atoms with Crippen molar-refractivity contribution < 1.29 is 0 Å². The Morgan fingerprint density at radius 3 is 2.53 bits per heavy atom. The summed E-state index contributed by atoms with van der Waals surface area (Å²) in [6, 6.07) is 6.51. The average Bonchev–Trinajstić information content (AvgIpc) is 2.77. The predicted octanol–water partition coefficient (Wildman–Crippen LogP) is 4.73. The molecule has 0 N–H and O–H groups in total. The molecule has 2 rings (SSSR count). The maximum Gasteiger partial charge on any atom is 0.0411 e. The lowest BCUT2D eigenvalue weighted by molar-refractivity contribution is 0.562. The Balaban J connectivity index is 2.36. The number of aryl methyl sites for hydroxylation is 1. The van der Waals surface area contributed by atoms with Crippen LogP contribution in [0.15, 0.2) is 18.2 Å². The van der Waals surface area contributed by atoms with Crippen LogP contribution < -0.4 is 0 Å². The van der Waals surface area contributed by atoms with Gasteiger partial charge in [-0.25, -0.2) is 0 Å². The molecule has 0 radical (unpaired) electrons. The Morgan fingerprint density at radius 2 is 2.07 bits per heavy atom. The second-order valence-electron chi connectivity index (χ2n) is 5.03. The molecule has 2 atom stereocenters. The number of hydrogen-bond acceptors (Lipinski definition) is 0. The summed E-state index contributed by atoms with van der Waals surface area (Å²) in [5, 5.41) is 0.888. The molecule has 0 bridgehead atoms. The van der Waals surface area contributed by atoms with E-state index in [1.54, 1.807) is 0 Å². The Morgan fingerprint density at radius 1 is 1.40 bits per heavy atom. The van der Waals surface area contributed by atoms with Crippen LogP contribution in [0.25, 0.3) is 0 Å². The van der Waals surface area contributed by atoms with Crippen molar-refractivity contribution in [3.8, 4) is 0 Å². The van der Waals surface area contributed by atoms with Gasteiger partial charge in [0.15, 0.2) is 0 Å². The maximum atomic E-state index is 6.13. The van der Waals surface area contributed by atoms with Gasteiger partial charge >= 0.3 is 0 Å². The summed E-state index contributed by atoms with van der Waals surface area (Å²) in [4.78, 5) is 0. The van der Waals surface area contributed by atoms with Gasteiger partial charge in [0, 0.05) is 5.02 Å². The molecule has 1 heteroatoms. The van der Waals surface area contributed by atoms with E-state index in [1.807, 2.05) is 6.07 Å². The minimum Gasteiger partial charge on any atom is -0.0843 e. The number of rotatable bonds is 3. The molecule has 1 aromatic rings. The first kappa shape index (κ1) is 11.0. The van der Waals surface area contributed by atoms with Crippen molar-refractivity contribution in [2.45, 2.75) is 45.4 Å². The molecule has 0 nitrogen and oxygen atoms in total. The molecule has 0 heterocycles. The lowest BCUT2D eigenvalue weighted by atomic mass is 9.88. The largest absolute Gasteiger partial charge is 0.0843 e. The first-order valence-corrected chi connectivity index (χ1v) is 6.24. The van der Waals surface area contributed by atoms with Crippen LogP contribution in [0, 0.1) is 12.8 Å². The van der Waals surface area contributed by atoms with Gasteiger partial charge in [-0.2, -0.15) is 0 Å². The molecule has 1 aromatic carbocycles. The van der Waals surface area contributed by atoms with Gasteiger partial charge in [-0.1, -0.05) is 37.9 Å². The third-order valence-corrected chi connectivity index (χ3v) is 3.99. The fourth-order valence-corrected chi connectivity index (χ4v) is 3.14. The van der Waals surface area contributed by atoms with Crippen molar-refractivity contribution in [2.24, 2.45) is 5.92 Å². The first-order valence-electron chi connectivity index (χ1n) is 5.86. The molecule has 15 heavy (non-hydrogen) atoms. The van der Waals surface area contributed by atoms with Crippen molar-refractivity contribution in [3.05, 3.63) is 34.3 Å². The standard InChI is InChI=1S/C14H19Cl/c1-4-5-14(9-11(14)3)12-6-10(2)7-13(15)8-12/h6-8,11H,4-5,9H2,1-3H3/t11?,14-/m1/s1. The monoisotopic (exact) mass is 222 g/mol. The van der Waals surface area contributed by atoms with E-state index in [9.17, 15) is 0 Å². The molecule has 1 fully saturated rings. The minimum atomic E-state index is 0.449. The molecule has 0 amide bonds. The Bertz CT molecular complexity index is 349. The zero-order chi connectivity index (χ0) is 11.1. The fourth-order valence-electron chi connectivity index (χ4n) is 2.85. The van der Waals surface area contributed by atoms with E-state index in [-0.39, 0.29) is 0 Å². The summed E-state index contributed by atoms with van der Waals surface area (Å²) in [6.07, 6.45) is 3.89. The second kappa shape index (κ2) is 3.83. The highest BCUT2D eigenvalue weighted by molar-refractivity contribution is 6.30. The summed E-state index contributed by atoms with van der Waals surface area (Å²) in [5.41, 5.74) is 3.19. The fraction of sp³-hybridized carbons (Fsp3) is 0.571. The van der Waals surface area contributed by atoms with Gasteiger partial charge in [-0.05, 0) is 54.4 Å². The summed E-state index contributed by atoms with van der Waals surface area (Å²) < 4.78 is 0. The Labute approximate surface area is 97.6 Å². The van der Waals surface area contributed by atoms with E-state index < -0.39 is 0 Å². The normalized spacial score (nSPS) is 29.2. The zero-order valence-corrected chi connectivity index (χ0v) is 10.6. The van der Waals surface area contributed by atoms with Crippen LogP contribution in [0.2, 0.25) is 5.02 Å².